The molecule has 1 aromatic rings. The fourth-order valence-corrected chi connectivity index (χ4v) is 1.57. The molecule has 1 rings (SSSR count). The van der Waals surface area contributed by atoms with E-state index in [1.165, 1.54) is 0 Å². The SMILES string of the molecule is CCOCCOC(C)(C)C(=O)Cc1ccccc1. The van der Waals surface area contributed by atoms with E-state index in [2.05, 4.69) is 0 Å². The molecule has 0 atom stereocenters. The lowest BCUT2D eigenvalue weighted by Gasteiger charge is -2.23. The lowest BCUT2D eigenvalue weighted by molar-refractivity contribution is -0.141. The third-order valence-electron chi connectivity index (χ3n) is 2.77. The first kappa shape index (κ1) is 14.9. The Balaban J connectivity index is 2.44. The van der Waals surface area contributed by atoms with Crippen molar-refractivity contribution in [3.63, 3.8) is 0 Å². The van der Waals surface area contributed by atoms with Crippen molar-refractivity contribution < 1.29 is 14.3 Å². The van der Waals surface area contributed by atoms with E-state index >= 15 is 0 Å². The smallest absolute Gasteiger partial charge is 0.168 e. The molecule has 0 aromatic heterocycles. The molecule has 0 heterocycles. The molecule has 0 bridgehead atoms. The van der Waals surface area contributed by atoms with E-state index in [-0.39, 0.29) is 5.78 Å². The van der Waals surface area contributed by atoms with Crippen molar-refractivity contribution in [2.24, 2.45) is 0 Å². The Hall–Kier alpha value is -1.19. The van der Waals surface area contributed by atoms with Crippen LogP contribution in [0.25, 0.3) is 0 Å². The standard InChI is InChI=1S/C15H22O3/c1-4-17-10-11-18-15(2,3)14(16)12-13-8-6-5-7-9-13/h5-9H,4,10-12H2,1-3H3. The van der Waals surface area contributed by atoms with Gasteiger partial charge in [-0.05, 0) is 26.3 Å². The van der Waals surface area contributed by atoms with Crippen LogP contribution in [-0.4, -0.2) is 31.2 Å². The monoisotopic (exact) mass is 250 g/mol. The lowest BCUT2D eigenvalue weighted by Crippen LogP contribution is -2.37. The van der Waals surface area contributed by atoms with Gasteiger partial charge >= 0.3 is 0 Å². The number of benzene rings is 1. The summed E-state index contributed by atoms with van der Waals surface area (Å²) < 4.78 is 10.8. The van der Waals surface area contributed by atoms with Crippen LogP contribution in [0.2, 0.25) is 0 Å². The second-order valence-electron chi connectivity index (χ2n) is 4.64. The highest BCUT2D eigenvalue weighted by Crippen LogP contribution is 2.14. The van der Waals surface area contributed by atoms with Crippen LogP contribution in [0.4, 0.5) is 0 Å². The van der Waals surface area contributed by atoms with Crippen molar-refractivity contribution in [1.29, 1.82) is 0 Å². The minimum Gasteiger partial charge on any atom is -0.379 e. The highest BCUT2D eigenvalue weighted by molar-refractivity contribution is 5.88. The van der Waals surface area contributed by atoms with Gasteiger partial charge < -0.3 is 9.47 Å². The molecule has 0 aliphatic carbocycles. The highest BCUT2D eigenvalue weighted by Gasteiger charge is 2.27. The zero-order valence-corrected chi connectivity index (χ0v) is 11.4. The van der Waals surface area contributed by atoms with Gasteiger partial charge in [-0.1, -0.05) is 30.3 Å². The predicted molar refractivity (Wildman–Crippen MR) is 71.7 cm³/mol. The molecule has 0 fully saturated rings. The average Bonchev–Trinajstić information content (AvgIpc) is 2.36. The molecular formula is C15H22O3. The number of carbonyl (C=O) groups excluding carboxylic acids is 1. The number of hydrogen-bond acceptors (Lipinski definition) is 3. The third kappa shape index (κ3) is 4.98. The fraction of sp³-hybridized carbons (Fsp3) is 0.533. The average molecular weight is 250 g/mol. The quantitative estimate of drug-likeness (QED) is 0.665. The van der Waals surface area contributed by atoms with Gasteiger partial charge in [0.15, 0.2) is 5.78 Å². The van der Waals surface area contributed by atoms with Gasteiger partial charge in [-0.3, -0.25) is 4.79 Å². The predicted octanol–water partition coefficient (Wildman–Crippen LogP) is 2.63. The zero-order chi connectivity index (χ0) is 13.4. The molecule has 0 aliphatic heterocycles. The Labute approximate surface area is 109 Å². The largest absolute Gasteiger partial charge is 0.379 e. The van der Waals surface area contributed by atoms with Crippen LogP contribution < -0.4 is 0 Å². The van der Waals surface area contributed by atoms with Crippen molar-refractivity contribution >= 4 is 5.78 Å². The molecule has 0 unspecified atom stereocenters. The van der Waals surface area contributed by atoms with E-state index in [9.17, 15) is 4.79 Å². The van der Waals surface area contributed by atoms with Gasteiger partial charge in [0, 0.05) is 13.0 Å². The first-order valence-electron chi connectivity index (χ1n) is 6.35. The third-order valence-corrected chi connectivity index (χ3v) is 2.77. The summed E-state index contributed by atoms with van der Waals surface area (Å²) in [6.07, 6.45) is 0.405. The zero-order valence-electron chi connectivity index (χ0n) is 11.4. The van der Waals surface area contributed by atoms with Gasteiger partial charge in [-0.15, -0.1) is 0 Å². The molecule has 1 aromatic carbocycles. The summed E-state index contributed by atoms with van der Waals surface area (Å²) in [5.41, 5.74) is 0.261. The minimum absolute atomic E-state index is 0.0881. The maximum atomic E-state index is 12.1. The van der Waals surface area contributed by atoms with E-state index in [1.54, 1.807) is 0 Å². The molecule has 0 radical (unpaired) electrons. The molecule has 0 aliphatic rings. The summed E-state index contributed by atoms with van der Waals surface area (Å²) in [6.45, 7) is 7.20. The summed E-state index contributed by atoms with van der Waals surface area (Å²) >= 11 is 0. The van der Waals surface area contributed by atoms with E-state index in [1.807, 2.05) is 51.1 Å². The maximum Gasteiger partial charge on any atom is 0.168 e. The van der Waals surface area contributed by atoms with Crippen molar-refractivity contribution in [3.8, 4) is 0 Å². The van der Waals surface area contributed by atoms with Crippen molar-refractivity contribution in [2.45, 2.75) is 32.8 Å². The number of rotatable bonds is 8. The van der Waals surface area contributed by atoms with E-state index < -0.39 is 5.60 Å². The Morgan fingerprint density at radius 3 is 2.44 bits per heavy atom. The molecular weight excluding hydrogens is 228 g/mol. The molecule has 0 saturated heterocycles. The molecule has 0 saturated carbocycles. The Bertz CT molecular complexity index is 357. The molecule has 3 heteroatoms. The van der Waals surface area contributed by atoms with Gasteiger partial charge in [0.2, 0.25) is 0 Å². The minimum atomic E-state index is -0.757. The van der Waals surface area contributed by atoms with Crippen LogP contribution in [0, 0.1) is 0 Å². The molecule has 18 heavy (non-hydrogen) atoms. The number of ketones is 1. The molecule has 0 amide bonds. The Kier molecular flexibility index (Phi) is 6.02. The summed E-state index contributed by atoms with van der Waals surface area (Å²) in [5, 5.41) is 0. The van der Waals surface area contributed by atoms with Gasteiger partial charge in [-0.2, -0.15) is 0 Å². The van der Waals surface area contributed by atoms with Crippen LogP contribution in [-0.2, 0) is 20.7 Å². The number of hydrogen-bond donors (Lipinski definition) is 0. The summed E-state index contributed by atoms with van der Waals surface area (Å²) in [4.78, 5) is 12.1. The van der Waals surface area contributed by atoms with Crippen LogP contribution >= 0.6 is 0 Å². The Morgan fingerprint density at radius 1 is 1.17 bits per heavy atom. The van der Waals surface area contributed by atoms with Crippen LogP contribution in [0.3, 0.4) is 0 Å². The van der Waals surface area contributed by atoms with Crippen molar-refractivity contribution in [2.75, 3.05) is 19.8 Å². The summed E-state index contributed by atoms with van der Waals surface area (Å²) in [5.74, 6) is 0.0881. The molecule has 0 N–H and O–H groups in total. The summed E-state index contributed by atoms with van der Waals surface area (Å²) in [7, 11) is 0. The van der Waals surface area contributed by atoms with Gasteiger partial charge in [0.05, 0.1) is 13.2 Å². The first-order chi connectivity index (χ1) is 8.56. The topological polar surface area (TPSA) is 35.5 Å². The van der Waals surface area contributed by atoms with Gasteiger partial charge in [0.25, 0.3) is 0 Å². The van der Waals surface area contributed by atoms with Crippen molar-refractivity contribution in [1.82, 2.24) is 0 Å². The summed E-state index contributed by atoms with van der Waals surface area (Å²) in [6, 6.07) is 9.72. The second-order valence-corrected chi connectivity index (χ2v) is 4.64. The van der Waals surface area contributed by atoms with E-state index in [4.69, 9.17) is 9.47 Å². The molecule has 0 spiro atoms. The van der Waals surface area contributed by atoms with Crippen LogP contribution in [0.1, 0.15) is 26.3 Å². The molecule has 3 nitrogen and oxygen atoms in total. The van der Waals surface area contributed by atoms with Crippen LogP contribution in [0.5, 0.6) is 0 Å². The van der Waals surface area contributed by atoms with Crippen LogP contribution in [0.15, 0.2) is 30.3 Å². The second kappa shape index (κ2) is 7.29. The highest BCUT2D eigenvalue weighted by atomic mass is 16.5. The Morgan fingerprint density at radius 2 is 1.83 bits per heavy atom. The maximum absolute atomic E-state index is 12.1. The fourth-order valence-electron chi connectivity index (χ4n) is 1.57. The number of carbonyl (C=O) groups is 1. The van der Waals surface area contributed by atoms with Gasteiger partial charge in [-0.25, -0.2) is 0 Å². The number of Topliss-reactive ketones (excluding diaryl/α,β-unsaturated/α-hetero) is 1. The van der Waals surface area contributed by atoms with Gasteiger partial charge in [0.1, 0.15) is 5.60 Å². The van der Waals surface area contributed by atoms with Crippen molar-refractivity contribution in [3.05, 3.63) is 35.9 Å². The lowest BCUT2D eigenvalue weighted by atomic mass is 9.97. The first-order valence-corrected chi connectivity index (χ1v) is 6.35. The normalized spacial score (nSPS) is 11.5. The number of ether oxygens (including phenoxy) is 2. The van der Waals surface area contributed by atoms with E-state index in [0.29, 0.717) is 26.2 Å². The molecule has 100 valence electrons. The van der Waals surface area contributed by atoms with E-state index in [0.717, 1.165) is 5.56 Å².